The number of anilines is 1. The van der Waals surface area contributed by atoms with E-state index in [0.717, 1.165) is 29.9 Å². The number of benzene rings is 2. The minimum absolute atomic E-state index is 0.0466. The molecule has 3 aromatic rings. The van der Waals surface area contributed by atoms with Gasteiger partial charge in [0.25, 0.3) is 5.91 Å². The van der Waals surface area contributed by atoms with Gasteiger partial charge in [0.1, 0.15) is 11.9 Å². The molecule has 1 fully saturated rings. The summed E-state index contributed by atoms with van der Waals surface area (Å²) in [5, 5.41) is 3.97. The van der Waals surface area contributed by atoms with E-state index in [1.807, 2.05) is 18.2 Å². The first-order valence-corrected chi connectivity index (χ1v) is 9.26. The van der Waals surface area contributed by atoms with Crippen LogP contribution in [0.3, 0.4) is 0 Å². The topological polar surface area (TPSA) is 46.4 Å². The number of carbonyl (C=O) groups excluding carboxylic acids is 1. The molecule has 25 heavy (non-hydrogen) atoms. The van der Waals surface area contributed by atoms with Crippen molar-refractivity contribution in [2.24, 2.45) is 0 Å². The van der Waals surface area contributed by atoms with Crippen LogP contribution >= 0.6 is 11.3 Å². The molecule has 1 saturated heterocycles. The Morgan fingerprint density at radius 1 is 1.24 bits per heavy atom. The number of halogens is 1. The lowest BCUT2D eigenvalue weighted by Gasteiger charge is -2.19. The van der Waals surface area contributed by atoms with Gasteiger partial charge in [-0.15, -0.1) is 11.3 Å². The number of para-hydroxylation sites is 1. The van der Waals surface area contributed by atoms with Crippen molar-refractivity contribution < 1.29 is 14.1 Å². The maximum absolute atomic E-state index is 13.0. The van der Waals surface area contributed by atoms with Crippen molar-refractivity contribution in [1.29, 1.82) is 0 Å². The smallest absolute Gasteiger partial charge is 0.279 e. The van der Waals surface area contributed by atoms with Gasteiger partial charge in [-0.25, -0.2) is 9.37 Å². The zero-order chi connectivity index (χ0) is 17.2. The summed E-state index contributed by atoms with van der Waals surface area (Å²) >= 11 is 1.73. The number of nitrogens with zero attached hydrogens (tertiary/aromatic N) is 1. The summed E-state index contributed by atoms with van der Waals surface area (Å²) in [6.45, 7) is 1.37. The summed E-state index contributed by atoms with van der Waals surface area (Å²) in [6.07, 6.45) is 2.15. The van der Waals surface area contributed by atoms with Crippen molar-refractivity contribution in [3.05, 3.63) is 59.4 Å². The van der Waals surface area contributed by atoms with Gasteiger partial charge in [-0.3, -0.25) is 4.79 Å². The normalized spacial score (nSPS) is 20.0. The van der Waals surface area contributed by atoms with Gasteiger partial charge < -0.3 is 10.2 Å². The molecule has 2 aromatic carbocycles. The van der Waals surface area contributed by atoms with Gasteiger partial charge in [-0.1, -0.05) is 12.1 Å². The van der Waals surface area contributed by atoms with Crippen LogP contribution in [0.25, 0.3) is 10.2 Å². The lowest BCUT2D eigenvalue weighted by Crippen LogP contribution is -3.11. The van der Waals surface area contributed by atoms with Crippen LogP contribution in [0.15, 0.2) is 48.5 Å². The lowest BCUT2D eigenvalue weighted by atomic mass is 10.2. The van der Waals surface area contributed by atoms with Crippen LogP contribution in [-0.4, -0.2) is 24.0 Å². The lowest BCUT2D eigenvalue weighted by molar-refractivity contribution is -0.910. The number of hydrogen-bond donors (Lipinski definition) is 2. The molecule has 0 saturated carbocycles. The fourth-order valence-corrected chi connectivity index (χ4v) is 4.57. The highest BCUT2D eigenvalue weighted by atomic mass is 32.1. The molecule has 0 bridgehead atoms. The summed E-state index contributed by atoms with van der Waals surface area (Å²) < 4.78 is 14.1. The maximum atomic E-state index is 13.0. The van der Waals surface area contributed by atoms with Gasteiger partial charge >= 0.3 is 0 Å². The van der Waals surface area contributed by atoms with E-state index in [2.05, 4.69) is 11.4 Å². The SMILES string of the molecule is O=C(C[NH+]1CCC[C@@H]1c1nc2ccccc2s1)Nc1ccc(F)cc1. The Morgan fingerprint density at radius 3 is 2.84 bits per heavy atom. The van der Waals surface area contributed by atoms with E-state index in [1.54, 1.807) is 23.5 Å². The van der Waals surface area contributed by atoms with Gasteiger partial charge in [0.05, 0.1) is 16.8 Å². The maximum Gasteiger partial charge on any atom is 0.279 e. The molecule has 4 nitrogen and oxygen atoms in total. The fourth-order valence-electron chi connectivity index (χ4n) is 3.40. The first-order valence-electron chi connectivity index (χ1n) is 8.44. The van der Waals surface area contributed by atoms with Gasteiger partial charge in [0.2, 0.25) is 0 Å². The highest BCUT2D eigenvalue weighted by Gasteiger charge is 2.33. The third-order valence-corrected chi connectivity index (χ3v) is 5.76. The Bertz CT molecular complexity index is 860. The van der Waals surface area contributed by atoms with Crippen LogP contribution in [0, 0.1) is 5.82 Å². The average Bonchev–Trinajstić information content (AvgIpc) is 3.22. The zero-order valence-electron chi connectivity index (χ0n) is 13.7. The Hall–Kier alpha value is -2.31. The molecule has 2 atom stereocenters. The molecule has 2 N–H and O–H groups in total. The van der Waals surface area contributed by atoms with E-state index in [0.29, 0.717) is 12.2 Å². The molecule has 0 spiro atoms. The summed E-state index contributed by atoms with van der Waals surface area (Å²) in [7, 11) is 0. The number of carbonyl (C=O) groups is 1. The minimum Gasteiger partial charge on any atom is -0.321 e. The second kappa shape index (κ2) is 6.90. The molecule has 0 aliphatic carbocycles. The molecule has 128 valence electrons. The van der Waals surface area contributed by atoms with Crippen molar-refractivity contribution in [3.63, 3.8) is 0 Å². The second-order valence-electron chi connectivity index (χ2n) is 6.35. The van der Waals surface area contributed by atoms with Crippen LogP contribution in [-0.2, 0) is 4.79 Å². The summed E-state index contributed by atoms with van der Waals surface area (Å²) in [5.41, 5.74) is 1.66. The number of aromatic nitrogens is 1. The molecule has 1 unspecified atom stereocenters. The quantitative estimate of drug-likeness (QED) is 0.755. The van der Waals surface area contributed by atoms with Gasteiger partial charge in [-0.05, 0) is 36.4 Å². The van der Waals surface area contributed by atoms with Crippen molar-refractivity contribution >= 4 is 33.1 Å². The Morgan fingerprint density at radius 2 is 2.04 bits per heavy atom. The predicted molar refractivity (Wildman–Crippen MR) is 97.3 cm³/mol. The largest absolute Gasteiger partial charge is 0.321 e. The molecule has 6 heteroatoms. The second-order valence-corrected chi connectivity index (χ2v) is 7.42. The first kappa shape index (κ1) is 16.2. The van der Waals surface area contributed by atoms with Crippen molar-refractivity contribution in [2.45, 2.75) is 18.9 Å². The van der Waals surface area contributed by atoms with Gasteiger partial charge in [0.15, 0.2) is 11.6 Å². The first-order chi connectivity index (χ1) is 12.2. The van der Waals surface area contributed by atoms with Crippen LogP contribution in [0.5, 0.6) is 0 Å². The molecule has 1 aliphatic rings. The number of likely N-dealkylation sites (tertiary alicyclic amines) is 1. The number of thiazole rings is 1. The highest BCUT2D eigenvalue weighted by Crippen LogP contribution is 2.28. The van der Waals surface area contributed by atoms with Crippen LogP contribution < -0.4 is 10.2 Å². The zero-order valence-corrected chi connectivity index (χ0v) is 14.5. The Kier molecular flexibility index (Phi) is 4.46. The molecular formula is C19H19FN3OS+. The van der Waals surface area contributed by atoms with Gasteiger partial charge in [-0.2, -0.15) is 0 Å². The standard InChI is InChI=1S/C19H18FN3OS/c20-13-7-9-14(10-8-13)21-18(24)12-23-11-3-5-16(23)19-22-15-4-1-2-6-17(15)25-19/h1-2,4,6-10,16H,3,5,11-12H2,(H,21,24)/p+1/t16-/m1/s1. The number of quaternary nitrogens is 1. The van der Waals surface area contributed by atoms with E-state index in [1.165, 1.54) is 21.7 Å². The monoisotopic (exact) mass is 356 g/mol. The fraction of sp³-hybridized carbons (Fsp3) is 0.263. The van der Waals surface area contributed by atoms with E-state index >= 15 is 0 Å². The van der Waals surface area contributed by atoms with Crippen molar-refractivity contribution in [3.8, 4) is 0 Å². The Labute approximate surface area is 149 Å². The molecular weight excluding hydrogens is 337 g/mol. The number of fused-ring (bicyclic) bond motifs is 1. The molecule has 4 rings (SSSR count). The molecule has 2 heterocycles. The minimum atomic E-state index is -0.306. The summed E-state index contributed by atoms with van der Waals surface area (Å²) in [4.78, 5) is 18.4. The third-order valence-electron chi connectivity index (χ3n) is 4.61. The summed E-state index contributed by atoms with van der Waals surface area (Å²) in [6, 6.07) is 14.3. The van der Waals surface area contributed by atoms with E-state index in [4.69, 9.17) is 4.98 Å². The van der Waals surface area contributed by atoms with E-state index < -0.39 is 0 Å². The number of rotatable bonds is 4. The van der Waals surface area contributed by atoms with E-state index in [9.17, 15) is 9.18 Å². The third kappa shape index (κ3) is 3.55. The molecule has 0 radical (unpaired) electrons. The number of amides is 1. The molecule has 1 aliphatic heterocycles. The predicted octanol–water partition coefficient (Wildman–Crippen LogP) is 2.79. The van der Waals surface area contributed by atoms with Crippen molar-refractivity contribution in [2.75, 3.05) is 18.4 Å². The average molecular weight is 356 g/mol. The number of hydrogen-bond acceptors (Lipinski definition) is 3. The number of nitrogens with one attached hydrogen (secondary N) is 2. The van der Waals surface area contributed by atoms with Crippen molar-refractivity contribution in [1.82, 2.24) is 4.98 Å². The highest BCUT2D eigenvalue weighted by molar-refractivity contribution is 7.18. The molecule has 1 aromatic heterocycles. The summed E-state index contributed by atoms with van der Waals surface area (Å²) in [5.74, 6) is -0.353. The van der Waals surface area contributed by atoms with E-state index in [-0.39, 0.29) is 17.8 Å². The van der Waals surface area contributed by atoms with Gasteiger partial charge in [0, 0.05) is 18.5 Å². The molecule has 1 amide bonds. The van der Waals surface area contributed by atoms with Crippen LogP contribution in [0.1, 0.15) is 23.9 Å². The van der Waals surface area contributed by atoms with Crippen LogP contribution in [0.4, 0.5) is 10.1 Å². The van der Waals surface area contributed by atoms with Crippen LogP contribution in [0.2, 0.25) is 0 Å². The Balaban J connectivity index is 1.45.